The molecule has 2 rings (SSSR count). The van der Waals surface area contributed by atoms with Gasteiger partial charge in [-0.15, -0.1) is 0 Å². The van der Waals surface area contributed by atoms with E-state index in [1.807, 2.05) is 24.3 Å². The van der Waals surface area contributed by atoms with E-state index >= 15 is 0 Å². The van der Waals surface area contributed by atoms with Crippen LogP contribution >= 0.6 is 0 Å². The van der Waals surface area contributed by atoms with Crippen molar-refractivity contribution in [3.8, 4) is 5.75 Å². The van der Waals surface area contributed by atoms with E-state index in [0.717, 1.165) is 11.4 Å². The largest absolute Gasteiger partial charge is 0.495 e. The minimum absolute atomic E-state index is 0.0336. The van der Waals surface area contributed by atoms with Gasteiger partial charge in [-0.3, -0.25) is 9.59 Å². The number of amides is 2. The number of hydrogen-bond acceptors (Lipinski definition) is 7. The average molecular weight is 421 g/mol. The first-order chi connectivity index (χ1) is 14.2. The van der Waals surface area contributed by atoms with Crippen molar-refractivity contribution in [2.75, 3.05) is 51.3 Å². The first kappa shape index (κ1) is 23.3. The van der Waals surface area contributed by atoms with Crippen LogP contribution in [0.3, 0.4) is 0 Å². The second kappa shape index (κ2) is 10.7. The van der Waals surface area contributed by atoms with Crippen molar-refractivity contribution in [1.82, 2.24) is 10.2 Å². The third kappa shape index (κ3) is 7.46. The Morgan fingerprint density at radius 1 is 1.07 bits per heavy atom. The predicted octanol–water partition coefficient (Wildman–Crippen LogP) is 1.80. The summed E-state index contributed by atoms with van der Waals surface area (Å²) in [6.07, 6.45) is -0.632. The molecular formula is C21H31N3O6. The number of rotatable bonds is 7. The van der Waals surface area contributed by atoms with Crippen LogP contribution in [0.25, 0.3) is 0 Å². The molecule has 0 bridgehead atoms. The number of ether oxygens (including phenoxy) is 3. The summed E-state index contributed by atoms with van der Waals surface area (Å²) in [5.74, 6) is 0.0152. The summed E-state index contributed by atoms with van der Waals surface area (Å²) >= 11 is 0. The maximum Gasteiger partial charge on any atom is 0.407 e. The number of carbonyl (C=O) groups excluding carboxylic acids is 3. The van der Waals surface area contributed by atoms with Crippen molar-refractivity contribution < 1.29 is 28.6 Å². The van der Waals surface area contributed by atoms with Crippen LogP contribution in [-0.2, 0) is 19.1 Å². The summed E-state index contributed by atoms with van der Waals surface area (Å²) in [7, 11) is 1.63. The molecule has 30 heavy (non-hydrogen) atoms. The van der Waals surface area contributed by atoms with Crippen LogP contribution in [0.2, 0.25) is 0 Å². The van der Waals surface area contributed by atoms with Gasteiger partial charge in [-0.25, -0.2) is 4.79 Å². The first-order valence-corrected chi connectivity index (χ1v) is 9.98. The molecule has 9 heteroatoms. The molecule has 0 atom stereocenters. The molecule has 2 amide bonds. The third-order valence-electron chi connectivity index (χ3n) is 4.41. The lowest BCUT2D eigenvalue weighted by molar-refractivity contribution is -0.152. The average Bonchev–Trinajstić information content (AvgIpc) is 2.70. The van der Waals surface area contributed by atoms with Crippen LogP contribution in [0.15, 0.2) is 24.3 Å². The Bertz CT molecular complexity index is 739. The molecule has 1 aromatic carbocycles. The van der Waals surface area contributed by atoms with Crippen molar-refractivity contribution in [2.45, 2.75) is 32.8 Å². The zero-order chi connectivity index (χ0) is 22.1. The summed E-state index contributed by atoms with van der Waals surface area (Å²) in [5, 5.41) is 2.48. The fraction of sp³-hybridized carbons (Fsp3) is 0.571. The Balaban J connectivity index is 1.67. The maximum atomic E-state index is 12.3. The molecule has 1 fully saturated rings. The van der Waals surface area contributed by atoms with Crippen LogP contribution in [-0.4, -0.2) is 74.9 Å². The number of carbonyl (C=O) groups is 3. The molecule has 1 saturated heterocycles. The van der Waals surface area contributed by atoms with Crippen molar-refractivity contribution >= 4 is 23.7 Å². The molecule has 1 N–H and O–H groups in total. The number of nitrogens with one attached hydrogen (secondary N) is 1. The lowest BCUT2D eigenvalue weighted by Gasteiger charge is -2.36. The van der Waals surface area contributed by atoms with E-state index in [4.69, 9.17) is 14.2 Å². The summed E-state index contributed by atoms with van der Waals surface area (Å²) in [6, 6.07) is 7.76. The highest BCUT2D eigenvalue weighted by molar-refractivity contribution is 5.81. The standard InChI is InChI=1S/C21H31N3O6/c1-21(2,3)30-20(27)22-10-9-19(26)29-15-18(25)24-13-11-23(12-14-24)16-7-5-6-8-17(16)28-4/h5-8H,9-15H2,1-4H3,(H,22,27). The van der Waals surface area contributed by atoms with E-state index in [-0.39, 0.29) is 25.5 Å². The Kier molecular flexibility index (Phi) is 8.32. The highest BCUT2D eigenvalue weighted by Gasteiger charge is 2.23. The minimum Gasteiger partial charge on any atom is -0.495 e. The molecule has 1 aromatic rings. The van der Waals surface area contributed by atoms with Crippen molar-refractivity contribution in [1.29, 1.82) is 0 Å². The van der Waals surface area contributed by atoms with Gasteiger partial charge in [0.1, 0.15) is 11.4 Å². The number of methoxy groups -OCH3 is 1. The SMILES string of the molecule is COc1ccccc1N1CCN(C(=O)COC(=O)CCNC(=O)OC(C)(C)C)CC1. The zero-order valence-electron chi connectivity index (χ0n) is 18.1. The molecule has 0 aromatic heterocycles. The van der Waals surface area contributed by atoms with E-state index < -0.39 is 17.7 Å². The van der Waals surface area contributed by atoms with Gasteiger partial charge < -0.3 is 29.3 Å². The van der Waals surface area contributed by atoms with E-state index in [9.17, 15) is 14.4 Å². The summed E-state index contributed by atoms with van der Waals surface area (Å²) < 4.78 is 15.5. The van der Waals surface area contributed by atoms with Crippen LogP contribution < -0.4 is 15.0 Å². The van der Waals surface area contributed by atoms with Gasteiger partial charge in [0.15, 0.2) is 6.61 Å². The van der Waals surface area contributed by atoms with E-state index in [0.29, 0.717) is 26.2 Å². The number of anilines is 1. The summed E-state index contributed by atoms with van der Waals surface area (Å²) in [6.45, 7) is 7.44. The molecule has 1 heterocycles. The number of para-hydroxylation sites is 2. The Hall–Kier alpha value is -2.97. The number of hydrogen-bond donors (Lipinski definition) is 1. The number of esters is 1. The second-order valence-corrected chi connectivity index (χ2v) is 7.88. The van der Waals surface area contributed by atoms with Crippen LogP contribution in [0.5, 0.6) is 5.75 Å². The molecule has 9 nitrogen and oxygen atoms in total. The lowest BCUT2D eigenvalue weighted by atomic mass is 10.2. The fourth-order valence-electron chi connectivity index (χ4n) is 2.97. The maximum absolute atomic E-state index is 12.3. The Labute approximate surface area is 177 Å². The number of alkyl carbamates (subject to hydrolysis) is 1. The van der Waals surface area contributed by atoms with Gasteiger partial charge in [-0.1, -0.05) is 12.1 Å². The molecule has 0 saturated carbocycles. The predicted molar refractivity (Wildman–Crippen MR) is 112 cm³/mol. The first-order valence-electron chi connectivity index (χ1n) is 9.98. The smallest absolute Gasteiger partial charge is 0.407 e. The second-order valence-electron chi connectivity index (χ2n) is 7.88. The summed E-state index contributed by atoms with van der Waals surface area (Å²) in [4.78, 5) is 39.5. The topological polar surface area (TPSA) is 97.4 Å². The van der Waals surface area contributed by atoms with Gasteiger partial charge in [-0.2, -0.15) is 0 Å². The highest BCUT2D eigenvalue weighted by atomic mass is 16.6. The van der Waals surface area contributed by atoms with Gasteiger partial charge >= 0.3 is 12.1 Å². The minimum atomic E-state index is -0.604. The van der Waals surface area contributed by atoms with Gasteiger partial charge in [0.05, 0.1) is 19.2 Å². The van der Waals surface area contributed by atoms with Crippen molar-refractivity contribution in [3.05, 3.63) is 24.3 Å². The van der Waals surface area contributed by atoms with E-state index in [2.05, 4.69) is 10.2 Å². The Morgan fingerprint density at radius 3 is 2.37 bits per heavy atom. The van der Waals surface area contributed by atoms with Gasteiger partial charge in [0, 0.05) is 32.7 Å². The van der Waals surface area contributed by atoms with Gasteiger partial charge in [0.25, 0.3) is 5.91 Å². The number of benzene rings is 1. The zero-order valence-corrected chi connectivity index (χ0v) is 18.1. The van der Waals surface area contributed by atoms with Gasteiger partial charge in [0.2, 0.25) is 0 Å². The molecule has 0 spiro atoms. The normalized spacial score (nSPS) is 14.1. The van der Waals surface area contributed by atoms with Crippen LogP contribution in [0, 0.1) is 0 Å². The fourth-order valence-corrected chi connectivity index (χ4v) is 2.97. The van der Waals surface area contributed by atoms with E-state index in [1.54, 1.807) is 32.8 Å². The lowest BCUT2D eigenvalue weighted by Crippen LogP contribution is -2.50. The van der Waals surface area contributed by atoms with Crippen molar-refractivity contribution in [2.24, 2.45) is 0 Å². The molecule has 166 valence electrons. The van der Waals surface area contributed by atoms with Crippen LogP contribution in [0.4, 0.5) is 10.5 Å². The molecule has 1 aliphatic rings. The van der Waals surface area contributed by atoms with E-state index in [1.165, 1.54) is 0 Å². The molecule has 1 aliphatic heterocycles. The van der Waals surface area contributed by atoms with Crippen molar-refractivity contribution in [3.63, 3.8) is 0 Å². The summed E-state index contributed by atoms with van der Waals surface area (Å²) in [5.41, 5.74) is 0.392. The molecule has 0 unspecified atom stereocenters. The number of nitrogens with zero attached hydrogens (tertiary/aromatic N) is 2. The Morgan fingerprint density at radius 2 is 1.73 bits per heavy atom. The molecule has 0 aliphatic carbocycles. The number of piperazine rings is 1. The highest BCUT2D eigenvalue weighted by Crippen LogP contribution is 2.28. The quantitative estimate of drug-likeness (QED) is 0.671. The third-order valence-corrected chi connectivity index (χ3v) is 4.41. The monoisotopic (exact) mass is 421 g/mol. The van der Waals surface area contributed by atoms with Gasteiger partial charge in [-0.05, 0) is 32.9 Å². The molecule has 0 radical (unpaired) electrons. The van der Waals surface area contributed by atoms with Crippen LogP contribution in [0.1, 0.15) is 27.2 Å². The molecular weight excluding hydrogens is 390 g/mol.